The first-order valence-electron chi connectivity index (χ1n) is 6.24. The van der Waals surface area contributed by atoms with Crippen LogP contribution in [-0.2, 0) is 16.8 Å². The molecule has 120 valence electrons. The molecule has 1 aromatic carbocycles. The summed E-state index contributed by atoms with van der Waals surface area (Å²) in [5.74, 6) is 0. The molecule has 1 rings (SSSR count). The molecular formula is C12H18F3N3O2S. The minimum Gasteiger partial charge on any atom is -0.310 e. The van der Waals surface area contributed by atoms with Crippen LogP contribution in [0, 0.1) is 0 Å². The molecule has 0 aliphatic rings. The van der Waals surface area contributed by atoms with Crippen LogP contribution in [0.1, 0.15) is 19.4 Å². The lowest BCUT2D eigenvalue weighted by molar-refractivity contribution is -0.121. The van der Waals surface area contributed by atoms with Crippen LogP contribution in [0.5, 0.6) is 0 Å². The van der Waals surface area contributed by atoms with Gasteiger partial charge >= 0.3 is 6.18 Å². The zero-order chi connectivity index (χ0) is 16.1. The monoisotopic (exact) mass is 325 g/mol. The van der Waals surface area contributed by atoms with Gasteiger partial charge in [-0.3, -0.25) is 4.72 Å². The Labute approximate surface area is 122 Å². The Hall–Kier alpha value is -1.32. The summed E-state index contributed by atoms with van der Waals surface area (Å²) in [5, 5.41) is 3.19. The molecular weight excluding hydrogens is 307 g/mol. The number of hydrogen-bond acceptors (Lipinski definition) is 3. The maximum Gasteiger partial charge on any atom is 0.402 e. The van der Waals surface area contributed by atoms with E-state index in [0.717, 1.165) is 5.56 Å². The average molecular weight is 325 g/mol. The number of alkyl halides is 3. The van der Waals surface area contributed by atoms with Gasteiger partial charge in [-0.1, -0.05) is 26.0 Å². The van der Waals surface area contributed by atoms with Crippen LogP contribution in [-0.4, -0.2) is 27.2 Å². The van der Waals surface area contributed by atoms with E-state index < -0.39 is 22.9 Å². The van der Waals surface area contributed by atoms with Gasteiger partial charge in [-0.15, -0.1) is 0 Å². The molecule has 0 unspecified atom stereocenters. The van der Waals surface area contributed by atoms with Crippen molar-refractivity contribution < 1.29 is 21.6 Å². The molecule has 3 N–H and O–H groups in total. The molecule has 0 atom stereocenters. The molecule has 0 bridgehead atoms. The quantitative estimate of drug-likeness (QED) is 0.718. The second kappa shape index (κ2) is 7.10. The van der Waals surface area contributed by atoms with E-state index in [1.54, 1.807) is 12.1 Å². The second-order valence-corrected chi connectivity index (χ2v) is 6.27. The molecule has 0 saturated heterocycles. The van der Waals surface area contributed by atoms with Gasteiger partial charge < -0.3 is 5.32 Å². The zero-order valence-corrected chi connectivity index (χ0v) is 12.5. The van der Waals surface area contributed by atoms with Crippen LogP contribution in [0.4, 0.5) is 18.9 Å². The van der Waals surface area contributed by atoms with E-state index in [1.807, 2.05) is 18.6 Å². The number of benzene rings is 1. The number of rotatable bonds is 7. The van der Waals surface area contributed by atoms with Crippen LogP contribution in [0.3, 0.4) is 0 Å². The highest BCUT2D eigenvalue weighted by atomic mass is 32.2. The molecule has 21 heavy (non-hydrogen) atoms. The Kier molecular flexibility index (Phi) is 5.99. The average Bonchev–Trinajstić information content (AvgIpc) is 2.35. The van der Waals surface area contributed by atoms with Crippen molar-refractivity contribution in [3.05, 3.63) is 29.8 Å². The molecule has 0 aliphatic carbocycles. The minimum absolute atomic E-state index is 0.193. The predicted octanol–water partition coefficient (Wildman–Crippen LogP) is 1.99. The Balaban J connectivity index is 2.58. The summed E-state index contributed by atoms with van der Waals surface area (Å²) in [6, 6.07) is 6.68. The van der Waals surface area contributed by atoms with Crippen LogP contribution < -0.4 is 14.8 Å². The van der Waals surface area contributed by atoms with Crippen molar-refractivity contribution in [3.8, 4) is 0 Å². The van der Waals surface area contributed by atoms with Gasteiger partial charge in [-0.25, -0.2) is 0 Å². The lowest BCUT2D eigenvalue weighted by Gasteiger charge is -2.12. The smallest absolute Gasteiger partial charge is 0.310 e. The van der Waals surface area contributed by atoms with Crippen molar-refractivity contribution in [1.29, 1.82) is 0 Å². The summed E-state index contributed by atoms with van der Waals surface area (Å²) in [4.78, 5) is 0. The molecule has 0 saturated carbocycles. The number of halogens is 3. The highest BCUT2D eigenvalue weighted by Crippen LogP contribution is 2.14. The van der Waals surface area contributed by atoms with E-state index in [4.69, 9.17) is 0 Å². The summed E-state index contributed by atoms with van der Waals surface area (Å²) in [5.41, 5.74) is 1.13. The first-order valence-corrected chi connectivity index (χ1v) is 7.72. The molecule has 0 heterocycles. The van der Waals surface area contributed by atoms with Crippen LogP contribution in [0.15, 0.2) is 24.3 Å². The van der Waals surface area contributed by atoms with E-state index in [9.17, 15) is 21.6 Å². The van der Waals surface area contributed by atoms with Gasteiger partial charge in [0, 0.05) is 18.3 Å². The third-order valence-electron chi connectivity index (χ3n) is 2.38. The molecule has 1 aromatic rings. The summed E-state index contributed by atoms with van der Waals surface area (Å²) in [7, 11) is -4.24. The van der Waals surface area contributed by atoms with Gasteiger partial charge in [0.2, 0.25) is 0 Å². The van der Waals surface area contributed by atoms with E-state index in [-0.39, 0.29) is 5.69 Å². The highest BCUT2D eigenvalue weighted by Gasteiger charge is 2.29. The van der Waals surface area contributed by atoms with E-state index >= 15 is 0 Å². The predicted molar refractivity (Wildman–Crippen MR) is 75.0 cm³/mol. The van der Waals surface area contributed by atoms with Crippen molar-refractivity contribution in [3.63, 3.8) is 0 Å². The second-order valence-electron chi connectivity index (χ2n) is 4.77. The molecule has 0 fully saturated rings. The maximum absolute atomic E-state index is 12.0. The Morgan fingerprint density at radius 1 is 1.14 bits per heavy atom. The first-order chi connectivity index (χ1) is 9.57. The fourth-order valence-electron chi connectivity index (χ4n) is 1.38. The molecule has 9 heteroatoms. The number of hydrogen-bond donors (Lipinski definition) is 3. The van der Waals surface area contributed by atoms with Gasteiger partial charge in [0.1, 0.15) is 6.54 Å². The minimum atomic E-state index is -4.60. The van der Waals surface area contributed by atoms with Crippen molar-refractivity contribution in [2.75, 3.05) is 11.3 Å². The van der Waals surface area contributed by atoms with Crippen molar-refractivity contribution in [1.82, 2.24) is 10.0 Å². The summed E-state index contributed by atoms with van der Waals surface area (Å²) in [6.07, 6.45) is -4.60. The summed E-state index contributed by atoms with van der Waals surface area (Å²) in [6.45, 7) is 3.00. The third kappa shape index (κ3) is 7.88. The van der Waals surface area contributed by atoms with Crippen LogP contribution in [0.2, 0.25) is 0 Å². The highest BCUT2D eigenvalue weighted by molar-refractivity contribution is 7.90. The Bertz CT molecular complexity index is 542. The standard InChI is InChI=1S/C12H18F3N3O2S/c1-9(2)16-7-10-3-5-11(6-4-10)18-21(19,20)17-8-12(13,14)15/h3-6,9,16-18H,7-8H2,1-2H3. The largest absolute Gasteiger partial charge is 0.402 e. The van der Waals surface area contributed by atoms with Gasteiger partial charge in [-0.05, 0) is 17.7 Å². The third-order valence-corrected chi connectivity index (χ3v) is 3.41. The molecule has 0 amide bonds. The fraction of sp³-hybridized carbons (Fsp3) is 0.500. The lowest BCUT2D eigenvalue weighted by Crippen LogP contribution is -2.37. The maximum atomic E-state index is 12.0. The molecule has 0 aromatic heterocycles. The Morgan fingerprint density at radius 3 is 2.19 bits per heavy atom. The summed E-state index contributed by atoms with van der Waals surface area (Å²) >= 11 is 0. The van der Waals surface area contributed by atoms with Crippen molar-refractivity contribution >= 4 is 15.9 Å². The van der Waals surface area contributed by atoms with E-state index in [0.29, 0.717) is 12.6 Å². The van der Waals surface area contributed by atoms with Crippen LogP contribution in [0.25, 0.3) is 0 Å². The number of nitrogens with one attached hydrogen (secondary N) is 3. The van der Waals surface area contributed by atoms with Crippen LogP contribution >= 0.6 is 0 Å². The van der Waals surface area contributed by atoms with Gasteiger partial charge in [-0.2, -0.15) is 26.3 Å². The first kappa shape index (κ1) is 17.7. The Morgan fingerprint density at radius 2 is 1.71 bits per heavy atom. The number of anilines is 1. The molecule has 0 radical (unpaired) electrons. The van der Waals surface area contributed by atoms with Gasteiger partial charge in [0.15, 0.2) is 0 Å². The van der Waals surface area contributed by atoms with Gasteiger partial charge in [0.25, 0.3) is 10.2 Å². The zero-order valence-electron chi connectivity index (χ0n) is 11.7. The van der Waals surface area contributed by atoms with Crippen molar-refractivity contribution in [2.24, 2.45) is 0 Å². The van der Waals surface area contributed by atoms with Gasteiger partial charge in [0.05, 0.1) is 0 Å². The topological polar surface area (TPSA) is 70.2 Å². The van der Waals surface area contributed by atoms with E-state index in [1.165, 1.54) is 16.9 Å². The van der Waals surface area contributed by atoms with Crippen molar-refractivity contribution in [2.45, 2.75) is 32.6 Å². The molecule has 5 nitrogen and oxygen atoms in total. The normalized spacial score (nSPS) is 12.7. The lowest BCUT2D eigenvalue weighted by atomic mass is 10.2. The fourth-order valence-corrected chi connectivity index (χ4v) is 2.25. The SMILES string of the molecule is CC(C)NCc1ccc(NS(=O)(=O)NCC(F)(F)F)cc1. The van der Waals surface area contributed by atoms with E-state index in [2.05, 4.69) is 5.32 Å². The molecule has 0 aliphatic heterocycles. The summed E-state index contributed by atoms with van der Waals surface area (Å²) < 4.78 is 62.2. The molecule has 0 spiro atoms.